The van der Waals surface area contributed by atoms with Crippen LogP contribution < -0.4 is 0 Å². The van der Waals surface area contributed by atoms with E-state index in [-0.39, 0.29) is 16.7 Å². The lowest BCUT2D eigenvalue weighted by molar-refractivity contribution is -0.919. The third-order valence-corrected chi connectivity index (χ3v) is 6.71. The van der Waals surface area contributed by atoms with Crippen LogP contribution in [0.5, 0.6) is 0 Å². The van der Waals surface area contributed by atoms with Crippen molar-refractivity contribution in [2.75, 3.05) is 25.6 Å². The van der Waals surface area contributed by atoms with Crippen LogP contribution in [-0.2, 0) is 9.09 Å². The fourth-order valence-corrected chi connectivity index (χ4v) is 4.76. The standard InChI is InChI=1S/C11H26NO3PS/c1-7-15-16(6,14)17-9-8-12(13,10(2)3)11(4)5/h10-11H,7-9H2,1-6H3. The van der Waals surface area contributed by atoms with E-state index in [1.54, 1.807) is 6.66 Å². The molecule has 17 heavy (non-hydrogen) atoms. The Bertz CT molecular complexity index is 263. The molecule has 4 nitrogen and oxygen atoms in total. The maximum Gasteiger partial charge on any atom is 0.254 e. The largest absolute Gasteiger partial charge is 0.632 e. The highest BCUT2D eigenvalue weighted by atomic mass is 32.7. The van der Waals surface area contributed by atoms with Crippen LogP contribution in [0.4, 0.5) is 0 Å². The smallest absolute Gasteiger partial charge is 0.254 e. The normalized spacial score (nSPS) is 16.5. The van der Waals surface area contributed by atoms with Crippen LogP contribution in [0.3, 0.4) is 0 Å². The lowest BCUT2D eigenvalue weighted by Gasteiger charge is -2.50. The maximum atomic E-state index is 12.5. The average Bonchev–Trinajstić information content (AvgIpc) is 2.16. The molecule has 1 unspecified atom stereocenters. The summed E-state index contributed by atoms with van der Waals surface area (Å²) in [5.41, 5.74) is 0. The molecular weight excluding hydrogens is 257 g/mol. The quantitative estimate of drug-likeness (QED) is 0.387. The second kappa shape index (κ2) is 7.15. The van der Waals surface area contributed by atoms with Crippen molar-refractivity contribution in [3.63, 3.8) is 0 Å². The maximum absolute atomic E-state index is 12.5. The van der Waals surface area contributed by atoms with Crippen LogP contribution in [-0.4, -0.2) is 42.3 Å². The predicted molar refractivity (Wildman–Crippen MR) is 76.4 cm³/mol. The van der Waals surface area contributed by atoms with Gasteiger partial charge in [-0.05, 0) is 34.6 Å². The fraction of sp³-hybridized carbons (Fsp3) is 1.00. The van der Waals surface area contributed by atoms with Crippen molar-refractivity contribution in [2.24, 2.45) is 0 Å². The summed E-state index contributed by atoms with van der Waals surface area (Å²) in [6.45, 7) is 9.54. The van der Waals surface area contributed by atoms with Gasteiger partial charge in [0.15, 0.2) is 0 Å². The van der Waals surface area contributed by atoms with E-state index in [4.69, 9.17) is 4.52 Å². The van der Waals surface area contributed by atoms with Gasteiger partial charge in [-0.1, -0.05) is 11.4 Å². The summed E-state index contributed by atoms with van der Waals surface area (Å²) in [7, 11) is 0. The highest BCUT2D eigenvalue weighted by Gasteiger charge is 2.26. The van der Waals surface area contributed by atoms with Gasteiger partial charge < -0.3 is 14.4 Å². The van der Waals surface area contributed by atoms with Crippen molar-refractivity contribution < 1.29 is 13.7 Å². The van der Waals surface area contributed by atoms with Crippen LogP contribution in [0.1, 0.15) is 34.6 Å². The number of hydrogen-bond donors (Lipinski definition) is 0. The second-order valence-electron chi connectivity index (χ2n) is 4.79. The van der Waals surface area contributed by atoms with Gasteiger partial charge in [-0.2, -0.15) is 0 Å². The van der Waals surface area contributed by atoms with Crippen molar-refractivity contribution >= 4 is 18.0 Å². The molecule has 0 aliphatic rings. The summed E-state index contributed by atoms with van der Waals surface area (Å²) in [5.74, 6) is 0.577. The summed E-state index contributed by atoms with van der Waals surface area (Å²) < 4.78 is 16.8. The zero-order valence-electron chi connectivity index (χ0n) is 11.8. The average molecular weight is 283 g/mol. The lowest BCUT2D eigenvalue weighted by atomic mass is 10.2. The van der Waals surface area contributed by atoms with E-state index in [2.05, 4.69) is 0 Å². The SMILES string of the molecule is CCOP(C)(=O)SCC[N+]([O-])(C(C)C)C(C)C. The first-order valence-corrected chi connectivity index (χ1v) is 9.77. The van der Waals surface area contributed by atoms with E-state index < -0.39 is 6.57 Å². The Kier molecular flexibility index (Phi) is 7.34. The Hall–Kier alpha value is 0.460. The molecule has 0 amide bonds. The Morgan fingerprint density at radius 2 is 1.76 bits per heavy atom. The van der Waals surface area contributed by atoms with E-state index >= 15 is 0 Å². The van der Waals surface area contributed by atoms with Gasteiger partial charge in [0, 0.05) is 6.66 Å². The molecular formula is C11H26NO3PS. The topological polar surface area (TPSA) is 49.4 Å². The molecule has 0 spiro atoms. The molecule has 6 heteroatoms. The molecule has 0 radical (unpaired) electrons. The van der Waals surface area contributed by atoms with Crippen molar-refractivity contribution in [3.05, 3.63) is 5.21 Å². The molecule has 0 saturated heterocycles. The highest BCUT2D eigenvalue weighted by Crippen LogP contribution is 2.56. The molecule has 0 aromatic carbocycles. The lowest BCUT2D eigenvalue weighted by Crippen LogP contribution is -2.54. The minimum atomic E-state index is -2.57. The Labute approximate surface area is 109 Å². The minimum absolute atomic E-state index is 0.0268. The summed E-state index contributed by atoms with van der Waals surface area (Å²) in [5, 5.41) is 12.5. The second-order valence-corrected chi connectivity index (χ2v) is 10.0. The molecule has 104 valence electrons. The third kappa shape index (κ3) is 5.75. The number of hydroxylamine groups is 3. The summed E-state index contributed by atoms with van der Waals surface area (Å²) in [6, 6.07) is 0.0536. The molecule has 0 fully saturated rings. The highest BCUT2D eigenvalue weighted by molar-refractivity contribution is 8.56. The Balaban J connectivity index is 4.31. The summed E-state index contributed by atoms with van der Waals surface area (Å²) in [6.07, 6.45) is 0. The first kappa shape index (κ1) is 17.5. The van der Waals surface area contributed by atoms with Crippen LogP contribution in [0.25, 0.3) is 0 Å². The zero-order chi connectivity index (χ0) is 13.7. The predicted octanol–water partition coefficient (Wildman–Crippen LogP) is 3.71. The molecule has 0 aliphatic carbocycles. The van der Waals surface area contributed by atoms with Gasteiger partial charge in [0.05, 0.1) is 31.0 Å². The number of hydrogen-bond acceptors (Lipinski definition) is 4. The molecule has 0 bridgehead atoms. The number of nitrogens with zero attached hydrogens (tertiary/aromatic N) is 1. The van der Waals surface area contributed by atoms with Crippen LogP contribution in [0.2, 0.25) is 0 Å². The molecule has 0 heterocycles. The van der Waals surface area contributed by atoms with Crippen molar-refractivity contribution in [2.45, 2.75) is 46.7 Å². The van der Waals surface area contributed by atoms with E-state index in [1.807, 2.05) is 34.6 Å². The monoisotopic (exact) mass is 283 g/mol. The van der Waals surface area contributed by atoms with Crippen LogP contribution in [0.15, 0.2) is 0 Å². The first-order chi connectivity index (χ1) is 7.65. The molecule has 0 N–H and O–H groups in total. The van der Waals surface area contributed by atoms with Gasteiger partial charge in [-0.3, -0.25) is 4.57 Å². The van der Waals surface area contributed by atoms with E-state index in [9.17, 15) is 9.77 Å². The fourth-order valence-electron chi connectivity index (χ4n) is 1.73. The van der Waals surface area contributed by atoms with Gasteiger partial charge in [-0.15, -0.1) is 0 Å². The number of rotatable bonds is 8. The van der Waals surface area contributed by atoms with Gasteiger partial charge in [-0.25, -0.2) is 0 Å². The molecule has 1 atom stereocenters. The summed E-state index contributed by atoms with van der Waals surface area (Å²) in [4.78, 5) is 0. The van der Waals surface area contributed by atoms with Gasteiger partial charge in [0.1, 0.15) is 0 Å². The Morgan fingerprint density at radius 1 is 1.29 bits per heavy atom. The van der Waals surface area contributed by atoms with E-state index in [1.165, 1.54) is 11.4 Å². The van der Waals surface area contributed by atoms with Crippen LogP contribution >= 0.6 is 18.0 Å². The minimum Gasteiger partial charge on any atom is -0.632 e. The van der Waals surface area contributed by atoms with Gasteiger partial charge >= 0.3 is 0 Å². The van der Waals surface area contributed by atoms with E-state index in [0.29, 0.717) is 18.9 Å². The molecule has 0 aromatic rings. The van der Waals surface area contributed by atoms with Crippen molar-refractivity contribution in [1.82, 2.24) is 0 Å². The van der Waals surface area contributed by atoms with Crippen molar-refractivity contribution in [1.29, 1.82) is 0 Å². The van der Waals surface area contributed by atoms with Gasteiger partial charge in [0.25, 0.3) is 6.57 Å². The molecule has 0 aromatic heterocycles. The van der Waals surface area contributed by atoms with Gasteiger partial charge in [0.2, 0.25) is 0 Å². The first-order valence-electron chi connectivity index (χ1n) is 6.10. The molecule has 0 saturated carbocycles. The Morgan fingerprint density at radius 3 is 2.12 bits per heavy atom. The number of quaternary nitrogens is 1. The molecule has 0 aliphatic heterocycles. The van der Waals surface area contributed by atoms with Crippen molar-refractivity contribution in [3.8, 4) is 0 Å². The molecule has 0 rings (SSSR count). The third-order valence-electron chi connectivity index (χ3n) is 2.88. The van der Waals surface area contributed by atoms with Crippen LogP contribution in [0, 0.1) is 5.21 Å². The van der Waals surface area contributed by atoms with E-state index in [0.717, 1.165) is 0 Å². The summed E-state index contributed by atoms with van der Waals surface area (Å²) >= 11 is 1.28. The zero-order valence-corrected chi connectivity index (χ0v) is 13.5.